The molecule has 2 saturated heterocycles. The third kappa shape index (κ3) is 3.32. The lowest BCUT2D eigenvalue weighted by Crippen LogP contribution is -2.51. The van der Waals surface area contributed by atoms with Crippen molar-refractivity contribution >= 4 is 11.7 Å². The molecule has 6 heteroatoms. The van der Waals surface area contributed by atoms with Crippen LogP contribution >= 0.6 is 0 Å². The van der Waals surface area contributed by atoms with Crippen molar-refractivity contribution in [3.8, 4) is 0 Å². The third-order valence-electron chi connectivity index (χ3n) is 4.39. The summed E-state index contributed by atoms with van der Waals surface area (Å²) in [6.45, 7) is 7.22. The van der Waals surface area contributed by atoms with E-state index in [2.05, 4.69) is 20.2 Å². The molecule has 1 aromatic heterocycles. The summed E-state index contributed by atoms with van der Waals surface area (Å²) in [4.78, 5) is 25.2. The van der Waals surface area contributed by atoms with Crippen LogP contribution in [0.1, 0.15) is 18.5 Å². The van der Waals surface area contributed by atoms with E-state index in [1.165, 1.54) is 0 Å². The molecule has 21 heavy (non-hydrogen) atoms. The summed E-state index contributed by atoms with van der Waals surface area (Å²) < 4.78 is 0. The second kappa shape index (κ2) is 6.39. The topological polar surface area (TPSA) is 61.4 Å². The van der Waals surface area contributed by atoms with Crippen molar-refractivity contribution in [2.45, 2.75) is 19.8 Å². The second-order valence-corrected chi connectivity index (χ2v) is 5.85. The Hall–Kier alpha value is -1.69. The maximum absolute atomic E-state index is 12.5. The number of rotatable bonds is 2. The molecule has 6 nitrogen and oxygen atoms in total. The van der Waals surface area contributed by atoms with Crippen molar-refractivity contribution in [2.75, 3.05) is 44.2 Å². The Kier molecular flexibility index (Phi) is 4.34. The van der Waals surface area contributed by atoms with Gasteiger partial charge in [-0.1, -0.05) is 0 Å². The van der Waals surface area contributed by atoms with Crippen LogP contribution < -0.4 is 10.2 Å². The third-order valence-corrected chi connectivity index (χ3v) is 4.39. The van der Waals surface area contributed by atoms with E-state index in [1.807, 2.05) is 17.9 Å². The Morgan fingerprint density at radius 2 is 1.90 bits per heavy atom. The highest BCUT2D eigenvalue weighted by Crippen LogP contribution is 2.18. The van der Waals surface area contributed by atoms with Gasteiger partial charge < -0.3 is 15.1 Å². The number of amides is 1. The van der Waals surface area contributed by atoms with Crippen molar-refractivity contribution in [1.82, 2.24) is 20.2 Å². The van der Waals surface area contributed by atoms with Crippen LogP contribution in [0.3, 0.4) is 0 Å². The molecule has 2 aliphatic rings. The average Bonchev–Trinajstić information content (AvgIpc) is 2.55. The van der Waals surface area contributed by atoms with Crippen molar-refractivity contribution in [3.05, 3.63) is 18.1 Å². The quantitative estimate of drug-likeness (QED) is 0.856. The van der Waals surface area contributed by atoms with E-state index in [0.717, 1.165) is 63.6 Å². The molecule has 0 atom stereocenters. The summed E-state index contributed by atoms with van der Waals surface area (Å²) in [5.74, 6) is 1.53. The fourth-order valence-electron chi connectivity index (χ4n) is 3.10. The lowest BCUT2D eigenvalue weighted by Gasteiger charge is -2.37. The van der Waals surface area contributed by atoms with Gasteiger partial charge in [-0.2, -0.15) is 0 Å². The number of aromatic nitrogens is 2. The van der Waals surface area contributed by atoms with Crippen LogP contribution in [-0.2, 0) is 4.79 Å². The summed E-state index contributed by atoms with van der Waals surface area (Å²) in [5.41, 5.74) is 0.980. The first kappa shape index (κ1) is 14.3. The number of carbonyl (C=O) groups is 1. The van der Waals surface area contributed by atoms with Crippen LogP contribution in [-0.4, -0.2) is 60.0 Å². The van der Waals surface area contributed by atoms with Crippen LogP contribution in [0.15, 0.2) is 12.4 Å². The van der Waals surface area contributed by atoms with Crippen molar-refractivity contribution in [3.63, 3.8) is 0 Å². The van der Waals surface area contributed by atoms with Gasteiger partial charge in [-0.05, 0) is 32.9 Å². The smallest absolute Gasteiger partial charge is 0.225 e. The van der Waals surface area contributed by atoms with Crippen molar-refractivity contribution in [1.29, 1.82) is 0 Å². The van der Waals surface area contributed by atoms with E-state index in [-0.39, 0.29) is 5.92 Å². The number of nitrogens with zero attached hydrogens (tertiary/aromatic N) is 4. The molecular formula is C15H23N5O. The Labute approximate surface area is 125 Å². The number of carbonyl (C=O) groups excluding carboxylic acids is 1. The summed E-state index contributed by atoms with van der Waals surface area (Å²) in [5, 5.41) is 3.31. The highest BCUT2D eigenvalue weighted by molar-refractivity contribution is 5.79. The summed E-state index contributed by atoms with van der Waals surface area (Å²) in [6.07, 6.45) is 3.56. The van der Waals surface area contributed by atoms with Gasteiger partial charge in [0.15, 0.2) is 0 Å². The Balaban J connectivity index is 1.56. The average molecular weight is 289 g/mol. The van der Waals surface area contributed by atoms with Gasteiger partial charge in [-0.3, -0.25) is 4.79 Å². The highest BCUT2D eigenvalue weighted by Gasteiger charge is 2.28. The fraction of sp³-hybridized carbons (Fsp3) is 0.667. The van der Waals surface area contributed by atoms with Gasteiger partial charge in [-0.25, -0.2) is 9.97 Å². The minimum absolute atomic E-state index is 0.221. The number of piperidine rings is 1. The Morgan fingerprint density at radius 3 is 2.57 bits per heavy atom. The maximum Gasteiger partial charge on any atom is 0.225 e. The molecule has 0 aliphatic carbocycles. The molecule has 0 saturated carbocycles. The lowest BCUT2D eigenvalue weighted by atomic mass is 9.96. The molecule has 0 bridgehead atoms. The van der Waals surface area contributed by atoms with Crippen LogP contribution in [0, 0.1) is 12.8 Å². The molecule has 3 rings (SSSR count). The van der Waals surface area contributed by atoms with Gasteiger partial charge in [0.25, 0.3) is 0 Å². The maximum atomic E-state index is 12.5. The largest absolute Gasteiger partial charge is 0.353 e. The molecule has 1 N–H and O–H groups in total. The monoisotopic (exact) mass is 289 g/mol. The molecule has 3 heterocycles. The molecule has 114 valence electrons. The van der Waals surface area contributed by atoms with Gasteiger partial charge in [0.1, 0.15) is 12.1 Å². The summed E-state index contributed by atoms with van der Waals surface area (Å²) in [7, 11) is 0. The van der Waals surface area contributed by atoms with E-state index < -0.39 is 0 Å². The van der Waals surface area contributed by atoms with Crippen LogP contribution in [0.25, 0.3) is 0 Å². The molecule has 0 radical (unpaired) electrons. The normalized spacial score (nSPS) is 20.6. The van der Waals surface area contributed by atoms with Crippen LogP contribution in [0.2, 0.25) is 0 Å². The van der Waals surface area contributed by atoms with Gasteiger partial charge in [0.2, 0.25) is 5.91 Å². The number of aryl methyl sites for hydroxylation is 1. The van der Waals surface area contributed by atoms with E-state index in [1.54, 1.807) is 6.33 Å². The van der Waals surface area contributed by atoms with Crippen LogP contribution in [0.4, 0.5) is 5.82 Å². The molecule has 1 amide bonds. The molecule has 2 aliphatic heterocycles. The van der Waals surface area contributed by atoms with E-state index in [0.29, 0.717) is 5.91 Å². The van der Waals surface area contributed by atoms with Gasteiger partial charge in [0.05, 0.1) is 0 Å². The number of nitrogens with one attached hydrogen (secondary N) is 1. The zero-order chi connectivity index (χ0) is 14.7. The van der Waals surface area contributed by atoms with Crippen molar-refractivity contribution in [2.24, 2.45) is 5.92 Å². The van der Waals surface area contributed by atoms with Gasteiger partial charge >= 0.3 is 0 Å². The molecular weight excluding hydrogens is 266 g/mol. The zero-order valence-corrected chi connectivity index (χ0v) is 12.6. The molecule has 0 spiro atoms. The molecule has 0 unspecified atom stereocenters. The van der Waals surface area contributed by atoms with E-state index >= 15 is 0 Å². The fourth-order valence-corrected chi connectivity index (χ4v) is 3.10. The van der Waals surface area contributed by atoms with Gasteiger partial charge in [0, 0.05) is 43.9 Å². The van der Waals surface area contributed by atoms with E-state index in [4.69, 9.17) is 0 Å². The first-order valence-electron chi connectivity index (χ1n) is 7.77. The highest BCUT2D eigenvalue weighted by atomic mass is 16.2. The number of hydrogen-bond acceptors (Lipinski definition) is 5. The van der Waals surface area contributed by atoms with Gasteiger partial charge in [-0.15, -0.1) is 0 Å². The first-order valence-corrected chi connectivity index (χ1v) is 7.77. The van der Waals surface area contributed by atoms with E-state index in [9.17, 15) is 4.79 Å². The SMILES string of the molecule is Cc1cc(N2CCN(C(=O)C3CCNCC3)CC2)ncn1. The molecule has 0 aromatic carbocycles. The predicted molar refractivity (Wildman–Crippen MR) is 81.2 cm³/mol. The summed E-state index contributed by atoms with van der Waals surface area (Å²) >= 11 is 0. The Morgan fingerprint density at radius 1 is 1.19 bits per heavy atom. The minimum atomic E-state index is 0.221. The Bertz CT molecular complexity index is 493. The number of hydrogen-bond donors (Lipinski definition) is 1. The van der Waals surface area contributed by atoms with Crippen LogP contribution in [0.5, 0.6) is 0 Å². The number of anilines is 1. The zero-order valence-electron chi connectivity index (χ0n) is 12.6. The molecule has 1 aromatic rings. The lowest BCUT2D eigenvalue weighted by molar-refractivity contribution is -0.136. The summed E-state index contributed by atoms with van der Waals surface area (Å²) in [6, 6.07) is 2.00. The first-order chi connectivity index (χ1) is 10.2. The van der Waals surface area contributed by atoms with Crippen molar-refractivity contribution < 1.29 is 4.79 Å². The second-order valence-electron chi connectivity index (χ2n) is 5.85. The minimum Gasteiger partial charge on any atom is -0.353 e. The predicted octanol–water partition coefficient (Wildman–Crippen LogP) is 0.433. The number of piperazine rings is 1. The standard InChI is InChI=1S/C15H23N5O/c1-12-10-14(18-11-17-12)19-6-8-20(9-7-19)15(21)13-2-4-16-5-3-13/h10-11,13,16H,2-9H2,1H3. The molecule has 2 fully saturated rings.